The van der Waals surface area contributed by atoms with E-state index in [0.29, 0.717) is 13.1 Å². The zero-order chi connectivity index (χ0) is 11.6. The summed E-state index contributed by atoms with van der Waals surface area (Å²) in [5.41, 5.74) is 6.01. The Hall–Kier alpha value is -1.39. The third kappa shape index (κ3) is 1.94. The van der Waals surface area contributed by atoms with E-state index in [9.17, 15) is 4.79 Å². The normalized spacial score (nSPS) is 19.1. The summed E-state index contributed by atoms with van der Waals surface area (Å²) in [5, 5.41) is 9.06. The van der Waals surface area contributed by atoms with Gasteiger partial charge in [0.1, 0.15) is 5.41 Å². The van der Waals surface area contributed by atoms with Gasteiger partial charge in [-0.05, 0) is 5.56 Å². The molecule has 0 aliphatic carbocycles. The molecule has 4 heteroatoms. The molecule has 16 heavy (non-hydrogen) atoms. The van der Waals surface area contributed by atoms with Gasteiger partial charge < -0.3 is 10.8 Å². The summed E-state index contributed by atoms with van der Waals surface area (Å²) in [5.74, 6) is -0.778. The fraction of sp³-hybridized carbons (Fsp3) is 0.417. The molecule has 0 saturated carbocycles. The van der Waals surface area contributed by atoms with Crippen LogP contribution in [-0.4, -0.2) is 35.6 Å². The van der Waals surface area contributed by atoms with Crippen molar-refractivity contribution in [2.75, 3.05) is 19.6 Å². The fourth-order valence-electron chi connectivity index (χ4n) is 2.11. The van der Waals surface area contributed by atoms with E-state index in [1.54, 1.807) is 0 Å². The second kappa shape index (κ2) is 4.23. The number of benzene rings is 1. The summed E-state index contributed by atoms with van der Waals surface area (Å²) in [6.45, 7) is 2.12. The number of rotatable bonds is 4. The second-order valence-electron chi connectivity index (χ2n) is 4.42. The van der Waals surface area contributed by atoms with Crippen molar-refractivity contribution < 1.29 is 9.90 Å². The van der Waals surface area contributed by atoms with Crippen LogP contribution in [0.4, 0.5) is 0 Å². The van der Waals surface area contributed by atoms with Crippen molar-refractivity contribution >= 4 is 5.97 Å². The molecule has 0 spiro atoms. The molecule has 1 heterocycles. The molecular weight excluding hydrogens is 204 g/mol. The summed E-state index contributed by atoms with van der Waals surface area (Å²) in [6, 6.07) is 10.0. The molecule has 0 unspecified atom stereocenters. The highest BCUT2D eigenvalue weighted by molar-refractivity contribution is 5.76. The number of nitrogens with two attached hydrogens (primary N) is 1. The van der Waals surface area contributed by atoms with Gasteiger partial charge in [-0.1, -0.05) is 30.3 Å². The lowest BCUT2D eigenvalue weighted by Crippen LogP contribution is -2.63. The van der Waals surface area contributed by atoms with E-state index >= 15 is 0 Å². The van der Waals surface area contributed by atoms with E-state index in [4.69, 9.17) is 10.8 Å². The Morgan fingerprint density at radius 3 is 2.50 bits per heavy atom. The maximum absolute atomic E-state index is 11.0. The molecule has 1 aliphatic rings. The van der Waals surface area contributed by atoms with Crippen LogP contribution in [-0.2, 0) is 11.3 Å². The summed E-state index contributed by atoms with van der Waals surface area (Å²) in [7, 11) is 0. The first-order valence-electron chi connectivity index (χ1n) is 5.36. The lowest BCUT2D eigenvalue weighted by Gasteiger charge is -2.46. The van der Waals surface area contributed by atoms with Crippen molar-refractivity contribution in [2.24, 2.45) is 11.1 Å². The third-order valence-electron chi connectivity index (χ3n) is 3.15. The van der Waals surface area contributed by atoms with Crippen LogP contribution < -0.4 is 5.73 Å². The number of aliphatic carboxylic acids is 1. The molecule has 1 fully saturated rings. The SMILES string of the molecule is NCC1(C(=O)O)CN(Cc2ccccc2)C1. The van der Waals surface area contributed by atoms with Gasteiger partial charge in [0, 0.05) is 26.2 Å². The van der Waals surface area contributed by atoms with Gasteiger partial charge in [0.25, 0.3) is 0 Å². The van der Waals surface area contributed by atoms with Gasteiger partial charge >= 0.3 is 5.97 Å². The molecule has 1 aromatic carbocycles. The van der Waals surface area contributed by atoms with Gasteiger partial charge in [0.15, 0.2) is 0 Å². The van der Waals surface area contributed by atoms with Crippen LogP contribution in [0.15, 0.2) is 30.3 Å². The summed E-state index contributed by atoms with van der Waals surface area (Å²) in [4.78, 5) is 13.1. The molecule has 1 aliphatic heterocycles. The van der Waals surface area contributed by atoms with E-state index < -0.39 is 11.4 Å². The smallest absolute Gasteiger partial charge is 0.313 e. The molecule has 0 bridgehead atoms. The number of carbonyl (C=O) groups is 1. The Morgan fingerprint density at radius 1 is 1.38 bits per heavy atom. The van der Waals surface area contributed by atoms with Crippen molar-refractivity contribution in [3.8, 4) is 0 Å². The van der Waals surface area contributed by atoms with Crippen LogP contribution >= 0.6 is 0 Å². The summed E-state index contributed by atoms with van der Waals surface area (Å²) >= 11 is 0. The molecule has 2 rings (SSSR count). The van der Waals surface area contributed by atoms with Crippen LogP contribution in [0.1, 0.15) is 5.56 Å². The molecule has 1 aromatic rings. The number of likely N-dealkylation sites (tertiary alicyclic amines) is 1. The molecule has 4 nitrogen and oxygen atoms in total. The molecule has 3 N–H and O–H groups in total. The van der Waals surface area contributed by atoms with Crippen molar-refractivity contribution in [1.82, 2.24) is 4.90 Å². The van der Waals surface area contributed by atoms with E-state index in [2.05, 4.69) is 4.90 Å². The highest BCUT2D eigenvalue weighted by Crippen LogP contribution is 2.30. The van der Waals surface area contributed by atoms with Gasteiger partial charge in [-0.25, -0.2) is 0 Å². The summed E-state index contributed by atoms with van der Waals surface area (Å²) in [6.07, 6.45) is 0. The van der Waals surface area contributed by atoms with Crippen LogP contribution in [0.25, 0.3) is 0 Å². The van der Waals surface area contributed by atoms with Gasteiger partial charge in [-0.15, -0.1) is 0 Å². The quantitative estimate of drug-likeness (QED) is 0.777. The van der Waals surface area contributed by atoms with Crippen LogP contribution in [0.2, 0.25) is 0 Å². The molecule has 1 saturated heterocycles. The zero-order valence-corrected chi connectivity index (χ0v) is 9.10. The molecule has 86 valence electrons. The Morgan fingerprint density at radius 2 is 2.00 bits per heavy atom. The van der Waals surface area contributed by atoms with E-state index in [1.807, 2.05) is 30.3 Å². The van der Waals surface area contributed by atoms with E-state index in [1.165, 1.54) is 5.56 Å². The number of hydrogen-bond donors (Lipinski definition) is 2. The molecular formula is C12H16N2O2. The van der Waals surface area contributed by atoms with Crippen molar-refractivity contribution in [1.29, 1.82) is 0 Å². The standard InChI is InChI=1S/C12H16N2O2/c13-7-12(11(15)16)8-14(9-12)6-10-4-2-1-3-5-10/h1-5H,6-9,13H2,(H,15,16). The average Bonchev–Trinajstić information content (AvgIpc) is 2.24. The predicted molar refractivity (Wildman–Crippen MR) is 60.8 cm³/mol. The first-order chi connectivity index (χ1) is 7.66. The van der Waals surface area contributed by atoms with Gasteiger partial charge in [0.2, 0.25) is 0 Å². The Bertz CT molecular complexity index is 372. The lowest BCUT2D eigenvalue weighted by molar-refractivity contribution is -0.159. The molecule has 0 atom stereocenters. The zero-order valence-electron chi connectivity index (χ0n) is 9.10. The van der Waals surface area contributed by atoms with Gasteiger partial charge in [-0.2, -0.15) is 0 Å². The minimum Gasteiger partial charge on any atom is -0.481 e. The monoisotopic (exact) mass is 220 g/mol. The van der Waals surface area contributed by atoms with Gasteiger partial charge in [0.05, 0.1) is 0 Å². The highest BCUT2D eigenvalue weighted by Gasteiger charge is 2.48. The lowest BCUT2D eigenvalue weighted by atomic mass is 9.79. The fourth-order valence-corrected chi connectivity index (χ4v) is 2.11. The second-order valence-corrected chi connectivity index (χ2v) is 4.42. The number of carboxylic acids is 1. The third-order valence-corrected chi connectivity index (χ3v) is 3.15. The minimum atomic E-state index is -0.778. The minimum absolute atomic E-state index is 0.216. The topological polar surface area (TPSA) is 66.6 Å². The van der Waals surface area contributed by atoms with E-state index in [-0.39, 0.29) is 6.54 Å². The number of nitrogens with zero attached hydrogens (tertiary/aromatic N) is 1. The number of carboxylic acid groups (broad SMARTS) is 1. The van der Waals surface area contributed by atoms with Crippen molar-refractivity contribution in [3.63, 3.8) is 0 Å². The van der Waals surface area contributed by atoms with Crippen LogP contribution in [0.3, 0.4) is 0 Å². The average molecular weight is 220 g/mol. The molecule has 0 aromatic heterocycles. The van der Waals surface area contributed by atoms with Crippen LogP contribution in [0, 0.1) is 5.41 Å². The highest BCUT2D eigenvalue weighted by atomic mass is 16.4. The number of hydrogen-bond acceptors (Lipinski definition) is 3. The summed E-state index contributed by atoms with van der Waals surface area (Å²) < 4.78 is 0. The largest absolute Gasteiger partial charge is 0.481 e. The first kappa shape index (κ1) is 11.1. The molecule has 0 amide bonds. The van der Waals surface area contributed by atoms with Crippen LogP contribution in [0.5, 0.6) is 0 Å². The molecule has 0 radical (unpaired) electrons. The maximum Gasteiger partial charge on any atom is 0.313 e. The Kier molecular flexibility index (Phi) is 2.94. The predicted octanol–water partition coefficient (Wildman–Crippen LogP) is 0.532. The Labute approximate surface area is 94.7 Å². The van der Waals surface area contributed by atoms with Crippen molar-refractivity contribution in [2.45, 2.75) is 6.54 Å². The Balaban J connectivity index is 1.91. The van der Waals surface area contributed by atoms with Gasteiger partial charge in [-0.3, -0.25) is 9.69 Å². The van der Waals surface area contributed by atoms with Crippen molar-refractivity contribution in [3.05, 3.63) is 35.9 Å². The first-order valence-corrected chi connectivity index (χ1v) is 5.36. The maximum atomic E-state index is 11.0. The van der Waals surface area contributed by atoms with E-state index in [0.717, 1.165) is 6.54 Å².